The topological polar surface area (TPSA) is 95.1 Å². The van der Waals surface area contributed by atoms with Gasteiger partial charge in [-0.2, -0.15) is 4.31 Å². The number of halogens is 1. The van der Waals surface area contributed by atoms with Gasteiger partial charge in [0, 0.05) is 43.5 Å². The molecule has 8 nitrogen and oxygen atoms in total. The van der Waals surface area contributed by atoms with Crippen molar-refractivity contribution in [3.05, 3.63) is 28.7 Å². The van der Waals surface area contributed by atoms with Crippen LogP contribution in [-0.4, -0.2) is 73.0 Å². The number of nitrogens with zero attached hydrogens (tertiary/aromatic N) is 3. The van der Waals surface area contributed by atoms with Crippen molar-refractivity contribution in [3.63, 3.8) is 0 Å². The molecule has 2 aliphatic heterocycles. The fourth-order valence-electron chi connectivity index (χ4n) is 2.97. The molecule has 0 atom stereocenters. The maximum Gasteiger partial charge on any atom is 0.243 e. The molecule has 3 rings (SSSR count). The normalized spacial score (nSPS) is 19.3. The van der Waals surface area contributed by atoms with Crippen molar-refractivity contribution in [2.75, 3.05) is 32.7 Å². The van der Waals surface area contributed by atoms with Crippen molar-refractivity contribution < 1.29 is 22.8 Å². The molecular formula is C16H18BrN3O5S. The Balaban J connectivity index is 1.60. The van der Waals surface area contributed by atoms with Crippen molar-refractivity contribution in [1.29, 1.82) is 0 Å². The number of piperazine rings is 1. The highest BCUT2D eigenvalue weighted by Gasteiger charge is 2.34. The lowest BCUT2D eigenvalue weighted by Gasteiger charge is -2.34. The predicted molar refractivity (Wildman–Crippen MR) is 95.4 cm³/mol. The summed E-state index contributed by atoms with van der Waals surface area (Å²) in [6.45, 7) is 0.533. The van der Waals surface area contributed by atoms with E-state index in [9.17, 15) is 22.8 Å². The van der Waals surface area contributed by atoms with Crippen LogP contribution < -0.4 is 0 Å². The third-order valence-electron chi connectivity index (χ3n) is 4.49. The van der Waals surface area contributed by atoms with Gasteiger partial charge in [-0.25, -0.2) is 8.42 Å². The van der Waals surface area contributed by atoms with Crippen molar-refractivity contribution in [3.8, 4) is 0 Å². The summed E-state index contributed by atoms with van der Waals surface area (Å²) in [7, 11) is -3.61. The third-order valence-corrected chi connectivity index (χ3v) is 6.93. The number of sulfonamides is 1. The number of carbonyl (C=O) groups is 3. The number of imide groups is 1. The van der Waals surface area contributed by atoms with Crippen LogP contribution >= 0.6 is 15.9 Å². The molecule has 0 spiro atoms. The minimum Gasteiger partial charge on any atom is -0.338 e. The first kappa shape index (κ1) is 19.0. The number of likely N-dealkylation sites (tertiary alicyclic amines) is 1. The lowest BCUT2D eigenvalue weighted by Crippen LogP contribution is -2.53. The van der Waals surface area contributed by atoms with Gasteiger partial charge in [-0.05, 0) is 24.3 Å². The molecule has 0 aromatic heterocycles. The fourth-order valence-corrected chi connectivity index (χ4v) is 4.65. The summed E-state index contributed by atoms with van der Waals surface area (Å²) in [5.41, 5.74) is 0. The number of hydrogen-bond acceptors (Lipinski definition) is 5. The van der Waals surface area contributed by atoms with Crippen LogP contribution in [0.5, 0.6) is 0 Å². The Morgan fingerprint density at radius 2 is 1.50 bits per heavy atom. The summed E-state index contributed by atoms with van der Waals surface area (Å²) in [5.74, 6) is -1.01. The van der Waals surface area contributed by atoms with Crippen molar-refractivity contribution in [1.82, 2.24) is 14.1 Å². The molecule has 2 fully saturated rings. The molecule has 2 heterocycles. The van der Waals surface area contributed by atoms with Gasteiger partial charge in [0.25, 0.3) is 0 Å². The molecule has 0 bridgehead atoms. The molecule has 2 aliphatic rings. The number of benzene rings is 1. The SMILES string of the molecule is O=C(CN1C(=O)CCC1=O)N1CCN(S(=O)(=O)c2ccc(Br)cc2)CC1. The number of rotatable bonds is 4. The van der Waals surface area contributed by atoms with Gasteiger partial charge in [0.2, 0.25) is 27.7 Å². The predicted octanol–water partition coefficient (Wildman–Crippen LogP) is 0.431. The number of carbonyl (C=O) groups excluding carboxylic acids is 3. The molecule has 140 valence electrons. The van der Waals surface area contributed by atoms with Crippen LogP contribution in [0.3, 0.4) is 0 Å². The fraction of sp³-hybridized carbons (Fsp3) is 0.438. The summed E-state index contributed by atoms with van der Waals surface area (Å²) in [5, 5.41) is 0. The average molecular weight is 444 g/mol. The summed E-state index contributed by atoms with van der Waals surface area (Å²) >= 11 is 3.27. The zero-order chi connectivity index (χ0) is 18.9. The molecule has 0 saturated carbocycles. The third kappa shape index (κ3) is 3.81. The van der Waals surface area contributed by atoms with Crippen molar-refractivity contribution in [2.24, 2.45) is 0 Å². The summed E-state index contributed by atoms with van der Waals surface area (Å²) < 4.78 is 27.4. The zero-order valence-corrected chi connectivity index (χ0v) is 16.3. The van der Waals surface area contributed by atoms with E-state index >= 15 is 0 Å². The Bertz CT molecular complexity index is 816. The Morgan fingerprint density at radius 1 is 0.962 bits per heavy atom. The molecule has 1 aromatic rings. The highest BCUT2D eigenvalue weighted by Crippen LogP contribution is 2.20. The van der Waals surface area contributed by atoms with E-state index in [0.717, 1.165) is 9.37 Å². The van der Waals surface area contributed by atoms with Crippen LogP contribution in [-0.2, 0) is 24.4 Å². The van der Waals surface area contributed by atoms with E-state index in [1.165, 1.54) is 21.3 Å². The highest BCUT2D eigenvalue weighted by atomic mass is 79.9. The first-order chi connectivity index (χ1) is 12.3. The van der Waals surface area contributed by atoms with Gasteiger partial charge in [-0.1, -0.05) is 15.9 Å². The van der Waals surface area contributed by atoms with Crippen molar-refractivity contribution in [2.45, 2.75) is 17.7 Å². The second-order valence-electron chi connectivity index (χ2n) is 6.11. The van der Waals surface area contributed by atoms with Gasteiger partial charge in [0.1, 0.15) is 6.54 Å². The van der Waals surface area contributed by atoms with Crippen LogP contribution in [0.2, 0.25) is 0 Å². The van der Waals surface area contributed by atoms with E-state index in [1.807, 2.05) is 0 Å². The van der Waals surface area contributed by atoms with E-state index in [2.05, 4.69) is 15.9 Å². The molecule has 0 radical (unpaired) electrons. The van der Waals surface area contributed by atoms with Crippen LogP contribution in [0.25, 0.3) is 0 Å². The van der Waals surface area contributed by atoms with E-state index in [1.54, 1.807) is 12.1 Å². The number of hydrogen-bond donors (Lipinski definition) is 0. The monoisotopic (exact) mass is 443 g/mol. The van der Waals surface area contributed by atoms with E-state index in [0.29, 0.717) is 0 Å². The Hall–Kier alpha value is -1.78. The standard InChI is InChI=1S/C16H18BrN3O5S/c17-12-1-3-13(4-2-12)26(24,25)19-9-7-18(8-10-19)16(23)11-20-14(21)5-6-15(20)22/h1-4H,5-11H2. The van der Waals surface area contributed by atoms with Crippen molar-refractivity contribution >= 4 is 43.7 Å². The van der Waals surface area contributed by atoms with Crippen LogP contribution in [0.1, 0.15) is 12.8 Å². The minimum absolute atomic E-state index is 0.144. The van der Waals surface area contributed by atoms with E-state index in [-0.39, 0.29) is 68.2 Å². The molecule has 0 unspecified atom stereocenters. The molecule has 10 heteroatoms. The van der Waals surface area contributed by atoms with Crippen LogP contribution in [0.4, 0.5) is 0 Å². The van der Waals surface area contributed by atoms with Crippen LogP contribution in [0, 0.1) is 0 Å². The molecule has 26 heavy (non-hydrogen) atoms. The van der Waals surface area contributed by atoms with Gasteiger partial charge in [0.15, 0.2) is 0 Å². The summed E-state index contributed by atoms with van der Waals surface area (Å²) in [4.78, 5) is 38.2. The van der Waals surface area contributed by atoms with Crippen LogP contribution in [0.15, 0.2) is 33.6 Å². The Labute approximate surface area is 159 Å². The maximum absolute atomic E-state index is 12.6. The van der Waals surface area contributed by atoms with Gasteiger partial charge >= 0.3 is 0 Å². The smallest absolute Gasteiger partial charge is 0.243 e. The first-order valence-corrected chi connectivity index (χ1v) is 10.4. The molecule has 0 N–H and O–H groups in total. The molecule has 2 saturated heterocycles. The molecule has 3 amide bonds. The first-order valence-electron chi connectivity index (χ1n) is 8.16. The van der Waals surface area contributed by atoms with Gasteiger partial charge < -0.3 is 4.90 Å². The molecule has 0 aliphatic carbocycles. The lowest BCUT2D eigenvalue weighted by molar-refractivity contribution is -0.145. The minimum atomic E-state index is -3.61. The second-order valence-corrected chi connectivity index (χ2v) is 8.97. The average Bonchev–Trinajstić information content (AvgIpc) is 2.94. The van der Waals surface area contributed by atoms with E-state index < -0.39 is 10.0 Å². The quantitative estimate of drug-likeness (QED) is 0.628. The largest absolute Gasteiger partial charge is 0.338 e. The molecule has 1 aromatic carbocycles. The lowest BCUT2D eigenvalue weighted by atomic mass is 10.3. The van der Waals surface area contributed by atoms with Gasteiger partial charge in [-0.15, -0.1) is 0 Å². The Kier molecular flexibility index (Phi) is 5.44. The van der Waals surface area contributed by atoms with Gasteiger partial charge in [0.05, 0.1) is 4.90 Å². The summed E-state index contributed by atoms with van der Waals surface area (Å²) in [6.07, 6.45) is 0.288. The second kappa shape index (κ2) is 7.45. The van der Waals surface area contributed by atoms with Gasteiger partial charge in [-0.3, -0.25) is 19.3 Å². The maximum atomic E-state index is 12.6. The zero-order valence-electron chi connectivity index (χ0n) is 13.9. The Morgan fingerprint density at radius 3 is 2.04 bits per heavy atom. The van der Waals surface area contributed by atoms with E-state index in [4.69, 9.17) is 0 Å². The summed E-state index contributed by atoms with van der Waals surface area (Å²) in [6, 6.07) is 6.39. The molecular weight excluding hydrogens is 426 g/mol. The highest BCUT2D eigenvalue weighted by molar-refractivity contribution is 9.10. The number of amides is 3.